The normalized spacial score (nSPS) is 21.0. The van der Waals surface area contributed by atoms with Gasteiger partial charge in [0, 0.05) is 10.6 Å². The van der Waals surface area contributed by atoms with Crippen molar-refractivity contribution in [2.24, 2.45) is 4.99 Å². The van der Waals surface area contributed by atoms with Crippen LogP contribution in [0.4, 0.5) is 13.2 Å². The molecule has 1 unspecified atom stereocenters. The molecular formula is C16H15F3N2O4. The van der Waals surface area contributed by atoms with Gasteiger partial charge in [0.25, 0.3) is 6.04 Å². The quantitative estimate of drug-likeness (QED) is 0.472. The predicted molar refractivity (Wildman–Crippen MR) is 82.8 cm³/mol. The van der Waals surface area contributed by atoms with E-state index in [-0.39, 0.29) is 22.5 Å². The van der Waals surface area contributed by atoms with Crippen LogP contribution in [0, 0.1) is 10.1 Å². The van der Waals surface area contributed by atoms with Crippen molar-refractivity contribution in [3.63, 3.8) is 0 Å². The summed E-state index contributed by atoms with van der Waals surface area (Å²) in [6, 6.07) is 2.90. The Morgan fingerprint density at radius 3 is 2.40 bits per heavy atom. The number of allylic oxidation sites excluding steroid dienone is 1. The number of esters is 1. The zero-order valence-electron chi connectivity index (χ0n) is 13.6. The van der Waals surface area contributed by atoms with E-state index in [1.165, 1.54) is 26.0 Å². The van der Waals surface area contributed by atoms with Gasteiger partial charge in [0.15, 0.2) is 0 Å². The molecule has 134 valence electrons. The van der Waals surface area contributed by atoms with Crippen LogP contribution in [-0.2, 0) is 15.7 Å². The molecule has 1 aliphatic rings. The van der Waals surface area contributed by atoms with Gasteiger partial charge in [-0.25, -0.2) is 4.79 Å². The second-order valence-electron chi connectivity index (χ2n) is 5.54. The van der Waals surface area contributed by atoms with E-state index in [4.69, 9.17) is 0 Å². The topological polar surface area (TPSA) is 81.8 Å². The van der Waals surface area contributed by atoms with Crippen molar-refractivity contribution in [1.29, 1.82) is 0 Å². The largest absolute Gasteiger partial charge is 0.466 e. The predicted octanol–water partition coefficient (Wildman–Crippen LogP) is 3.36. The Bertz CT molecular complexity index is 784. The fraction of sp³-hybridized carbons (Fsp3) is 0.375. The Hall–Kier alpha value is -2.71. The SMILES string of the molecule is COC(=O)C1=C(C)N=C(C)C([N+](=O)[O-])[C@@H]1c1ccccc1C(F)(F)F. The highest BCUT2D eigenvalue weighted by atomic mass is 19.4. The maximum Gasteiger partial charge on any atom is 0.416 e. The number of carbonyl (C=O) groups excluding carboxylic acids is 1. The number of aliphatic imine (C=N–C) groups is 1. The Morgan fingerprint density at radius 2 is 1.88 bits per heavy atom. The third kappa shape index (κ3) is 3.40. The molecule has 0 amide bonds. The molecular weight excluding hydrogens is 341 g/mol. The van der Waals surface area contributed by atoms with Crippen LogP contribution in [0.5, 0.6) is 0 Å². The number of ether oxygens (including phenoxy) is 1. The van der Waals surface area contributed by atoms with Gasteiger partial charge < -0.3 is 4.74 Å². The van der Waals surface area contributed by atoms with Gasteiger partial charge in [-0.1, -0.05) is 18.2 Å². The first-order chi connectivity index (χ1) is 11.6. The second kappa shape index (κ2) is 6.66. The molecule has 0 N–H and O–H groups in total. The minimum atomic E-state index is -4.73. The number of halogens is 3. The molecule has 0 aromatic heterocycles. The van der Waals surface area contributed by atoms with Crippen molar-refractivity contribution < 1.29 is 27.6 Å². The first-order valence-electron chi connectivity index (χ1n) is 7.23. The highest BCUT2D eigenvalue weighted by molar-refractivity contribution is 5.98. The first-order valence-corrected chi connectivity index (χ1v) is 7.23. The Balaban J connectivity index is 2.80. The zero-order valence-corrected chi connectivity index (χ0v) is 13.6. The number of hydrogen-bond acceptors (Lipinski definition) is 5. The third-order valence-electron chi connectivity index (χ3n) is 4.02. The Morgan fingerprint density at radius 1 is 1.28 bits per heavy atom. The van der Waals surface area contributed by atoms with Crippen molar-refractivity contribution in [3.05, 3.63) is 56.8 Å². The summed E-state index contributed by atoms with van der Waals surface area (Å²) in [4.78, 5) is 26.9. The second-order valence-corrected chi connectivity index (χ2v) is 5.54. The summed E-state index contributed by atoms with van der Waals surface area (Å²) in [5.74, 6) is -2.39. The van der Waals surface area contributed by atoms with Crippen LogP contribution in [0.3, 0.4) is 0 Å². The third-order valence-corrected chi connectivity index (χ3v) is 4.02. The number of methoxy groups -OCH3 is 1. The van der Waals surface area contributed by atoms with Gasteiger partial charge in [-0.05, 0) is 25.5 Å². The summed E-state index contributed by atoms with van der Waals surface area (Å²) in [6.07, 6.45) is -4.73. The molecule has 0 saturated heterocycles. The van der Waals surface area contributed by atoms with Crippen molar-refractivity contribution in [2.45, 2.75) is 32.0 Å². The Kier molecular flexibility index (Phi) is 4.96. The van der Waals surface area contributed by atoms with Gasteiger partial charge in [0.05, 0.1) is 29.9 Å². The van der Waals surface area contributed by atoms with Crippen LogP contribution in [0.2, 0.25) is 0 Å². The standard InChI is InChI=1S/C16H15F3N2O4/c1-8-12(15(22)25-3)13(14(21(23)24)9(2)20-8)10-6-4-5-7-11(10)16(17,18)19/h4-7,13-14H,1-3H3/t13-,14?/m1/s1. The van der Waals surface area contributed by atoms with Gasteiger partial charge in [-0.3, -0.25) is 15.1 Å². The summed E-state index contributed by atoms with van der Waals surface area (Å²) in [5, 5.41) is 11.5. The van der Waals surface area contributed by atoms with Crippen LogP contribution in [0.25, 0.3) is 0 Å². The lowest BCUT2D eigenvalue weighted by Crippen LogP contribution is -2.40. The Labute approximate surface area is 141 Å². The van der Waals surface area contributed by atoms with E-state index in [9.17, 15) is 28.1 Å². The molecule has 0 bridgehead atoms. The molecule has 0 saturated carbocycles. The number of nitro groups is 1. The maximum atomic E-state index is 13.4. The zero-order chi connectivity index (χ0) is 18.9. The van der Waals surface area contributed by atoms with E-state index in [2.05, 4.69) is 9.73 Å². The van der Waals surface area contributed by atoms with Crippen LogP contribution in [0.15, 0.2) is 40.5 Å². The van der Waals surface area contributed by atoms with E-state index in [1.807, 2.05) is 0 Å². The highest BCUT2D eigenvalue weighted by Crippen LogP contribution is 2.42. The fourth-order valence-electron chi connectivity index (χ4n) is 3.03. The molecule has 1 aromatic rings. The molecule has 2 atom stereocenters. The van der Waals surface area contributed by atoms with Crippen LogP contribution < -0.4 is 0 Å². The molecule has 0 spiro atoms. The van der Waals surface area contributed by atoms with Crippen molar-refractivity contribution in [2.75, 3.05) is 7.11 Å². The number of rotatable bonds is 3. The fourth-order valence-corrected chi connectivity index (χ4v) is 3.03. The summed E-state index contributed by atoms with van der Waals surface area (Å²) in [5.41, 5.74) is -1.51. The molecule has 0 aliphatic carbocycles. The summed E-state index contributed by atoms with van der Waals surface area (Å²) in [7, 11) is 1.06. The molecule has 9 heteroatoms. The molecule has 0 fully saturated rings. The summed E-state index contributed by atoms with van der Waals surface area (Å²) in [6.45, 7) is 2.77. The van der Waals surface area contributed by atoms with E-state index in [0.717, 1.165) is 19.2 Å². The molecule has 1 aliphatic heterocycles. The summed E-state index contributed by atoms with van der Waals surface area (Å²) < 4.78 is 44.8. The number of hydrogen-bond donors (Lipinski definition) is 0. The van der Waals surface area contributed by atoms with Crippen molar-refractivity contribution in [1.82, 2.24) is 0 Å². The smallest absolute Gasteiger partial charge is 0.416 e. The lowest BCUT2D eigenvalue weighted by atomic mass is 9.78. The molecule has 1 heterocycles. The van der Waals surface area contributed by atoms with Gasteiger partial charge in [-0.2, -0.15) is 13.2 Å². The summed E-state index contributed by atoms with van der Waals surface area (Å²) >= 11 is 0. The minimum Gasteiger partial charge on any atom is -0.466 e. The van der Waals surface area contributed by atoms with Gasteiger partial charge in [0.2, 0.25) is 0 Å². The average molecular weight is 356 g/mol. The lowest BCUT2D eigenvalue weighted by molar-refractivity contribution is -0.505. The first kappa shape index (κ1) is 18.6. The van der Waals surface area contributed by atoms with Gasteiger partial charge in [-0.15, -0.1) is 0 Å². The number of alkyl halides is 3. The molecule has 2 rings (SSSR count). The lowest BCUT2D eigenvalue weighted by Gasteiger charge is -2.29. The van der Waals surface area contributed by atoms with Gasteiger partial charge >= 0.3 is 12.1 Å². The van der Waals surface area contributed by atoms with Crippen LogP contribution in [-0.4, -0.2) is 29.8 Å². The molecule has 25 heavy (non-hydrogen) atoms. The van der Waals surface area contributed by atoms with Crippen LogP contribution in [0.1, 0.15) is 30.9 Å². The van der Waals surface area contributed by atoms with E-state index < -0.39 is 34.6 Å². The van der Waals surface area contributed by atoms with Crippen LogP contribution >= 0.6 is 0 Å². The van der Waals surface area contributed by atoms with Gasteiger partial charge in [0.1, 0.15) is 0 Å². The average Bonchev–Trinajstić information content (AvgIpc) is 2.52. The van der Waals surface area contributed by atoms with E-state index in [0.29, 0.717) is 0 Å². The molecule has 1 aromatic carbocycles. The van der Waals surface area contributed by atoms with Crippen molar-refractivity contribution in [3.8, 4) is 0 Å². The minimum absolute atomic E-state index is 0.0251. The number of carbonyl (C=O) groups is 1. The number of benzene rings is 1. The van der Waals surface area contributed by atoms with Crippen molar-refractivity contribution >= 4 is 11.7 Å². The van der Waals surface area contributed by atoms with E-state index >= 15 is 0 Å². The molecule has 0 radical (unpaired) electrons. The molecule has 6 nitrogen and oxygen atoms in total. The number of nitrogens with zero attached hydrogens (tertiary/aromatic N) is 2. The highest BCUT2D eigenvalue weighted by Gasteiger charge is 2.48. The van der Waals surface area contributed by atoms with E-state index in [1.54, 1.807) is 0 Å². The monoisotopic (exact) mass is 356 g/mol. The maximum absolute atomic E-state index is 13.4.